The predicted octanol–water partition coefficient (Wildman–Crippen LogP) is 2.07. The Bertz CT molecular complexity index is 381. The summed E-state index contributed by atoms with van der Waals surface area (Å²) in [6, 6.07) is 3.27. The van der Waals surface area contributed by atoms with E-state index in [0.29, 0.717) is 6.54 Å². The van der Waals surface area contributed by atoms with E-state index in [1.807, 2.05) is 0 Å². The van der Waals surface area contributed by atoms with E-state index in [0.717, 1.165) is 16.3 Å². The van der Waals surface area contributed by atoms with Crippen LogP contribution in [0.1, 0.15) is 6.92 Å². The van der Waals surface area contributed by atoms with Crippen molar-refractivity contribution in [1.29, 1.82) is 0 Å². The second kappa shape index (κ2) is 4.28. The fourth-order valence-corrected chi connectivity index (χ4v) is 1.24. The van der Waals surface area contributed by atoms with Crippen LogP contribution in [0, 0.1) is 0 Å². The van der Waals surface area contributed by atoms with Crippen LogP contribution in [0.15, 0.2) is 39.4 Å². The number of nitrogens with zero attached hydrogens (tertiary/aromatic N) is 1. The van der Waals surface area contributed by atoms with Crippen molar-refractivity contribution in [1.82, 2.24) is 4.57 Å². The van der Waals surface area contributed by atoms with Crippen molar-refractivity contribution in [2.24, 2.45) is 0 Å². The van der Waals surface area contributed by atoms with Crippen LogP contribution < -0.4 is 5.56 Å². The molecule has 0 fully saturated rings. The van der Waals surface area contributed by atoms with E-state index in [1.54, 1.807) is 19.2 Å². The van der Waals surface area contributed by atoms with Gasteiger partial charge in [0.05, 0.1) is 6.26 Å². The molecule has 0 saturated carbocycles. The molecule has 13 heavy (non-hydrogen) atoms. The molecule has 0 saturated heterocycles. The number of hydrogen-bond acceptors (Lipinski definition) is 2. The summed E-state index contributed by atoms with van der Waals surface area (Å²) in [5, 5.41) is 8.65. The number of hydrogen-bond donors (Lipinski definition) is 1. The van der Waals surface area contributed by atoms with Gasteiger partial charge in [-0.05, 0) is 18.6 Å². The van der Waals surface area contributed by atoms with Gasteiger partial charge in [0.2, 0.25) is 0 Å². The normalized spacial score (nSPS) is 11.7. The maximum atomic E-state index is 11.3. The van der Waals surface area contributed by atoms with Crippen LogP contribution >= 0.6 is 15.9 Å². The summed E-state index contributed by atoms with van der Waals surface area (Å²) in [5.41, 5.74) is 0.653. The molecule has 0 spiro atoms. The standard InChI is InChI=1S/C9H10BrNO2/c1-7(6-12)5-11-3-2-8(10)4-9(11)13/h2-4,6,12H,5H2,1H3/b7-6+. The number of rotatable bonds is 2. The smallest absolute Gasteiger partial charge is 0.251 e. The van der Waals surface area contributed by atoms with Gasteiger partial charge in [-0.25, -0.2) is 0 Å². The van der Waals surface area contributed by atoms with Crippen molar-refractivity contribution >= 4 is 15.9 Å². The molecule has 1 rings (SSSR count). The van der Waals surface area contributed by atoms with E-state index in [-0.39, 0.29) is 5.56 Å². The van der Waals surface area contributed by atoms with Crippen molar-refractivity contribution in [2.75, 3.05) is 0 Å². The van der Waals surface area contributed by atoms with Crippen molar-refractivity contribution in [3.8, 4) is 0 Å². The first-order chi connectivity index (χ1) is 6.13. The molecule has 0 radical (unpaired) electrons. The molecule has 1 N–H and O–H groups in total. The SMILES string of the molecule is C/C(=C\O)Cn1ccc(Br)cc1=O. The molecule has 70 valence electrons. The van der Waals surface area contributed by atoms with E-state index in [2.05, 4.69) is 15.9 Å². The summed E-state index contributed by atoms with van der Waals surface area (Å²) >= 11 is 3.20. The molecular formula is C9H10BrNO2. The van der Waals surface area contributed by atoms with E-state index in [4.69, 9.17) is 5.11 Å². The van der Waals surface area contributed by atoms with Crippen LogP contribution in [0.4, 0.5) is 0 Å². The Morgan fingerprint density at radius 3 is 3.00 bits per heavy atom. The lowest BCUT2D eigenvalue weighted by Gasteiger charge is -2.04. The Balaban J connectivity index is 2.97. The molecule has 0 bridgehead atoms. The summed E-state index contributed by atoms with van der Waals surface area (Å²) in [6.07, 6.45) is 2.69. The van der Waals surface area contributed by atoms with Crippen LogP contribution in [0.25, 0.3) is 0 Å². The largest absolute Gasteiger partial charge is 0.516 e. The maximum absolute atomic E-state index is 11.3. The number of pyridine rings is 1. The van der Waals surface area contributed by atoms with Gasteiger partial charge in [-0.2, -0.15) is 0 Å². The number of aromatic nitrogens is 1. The second-order valence-corrected chi connectivity index (χ2v) is 3.70. The maximum Gasteiger partial charge on any atom is 0.251 e. The van der Waals surface area contributed by atoms with Crippen molar-refractivity contribution in [3.05, 3.63) is 45.0 Å². The van der Waals surface area contributed by atoms with Gasteiger partial charge in [0, 0.05) is 23.3 Å². The summed E-state index contributed by atoms with van der Waals surface area (Å²) in [5.74, 6) is 0. The van der Waals surface area contributed by atoms with Crippen LogP contribution in [-0.4, -0.2) is 9.67 Å². The van der Waals surface area contributed by atoms with Crippen molar-refractivity contribution in [3.63, 3.8) is 0 Å². The molecular weight excluding hydrogens is 234 g/mol. The highest BCUT2D eigenvalue weighted by Crippen LogP contribution is 2.04. The molecule has 0 aliphatic carbocycles. The highest BCUT2D eigenvalue weighted by atomic mass is 79.9. The topological polar surface area (TPSA) is 42.2 Å². The number of allylic oxidation sites excluding steroid dienone is 1. The van der Waals surface area contributed by atoms with E-state index in [1.165, 1.54) is 10.6 Å². The molecule has 0 amide bonds. The third-order valence-corrected chi connectivity index (χ3v) is 2.09. The van der Waals surface area contributed by atoms with Crippen LogP contribution in [0.5, 0.6) is 0 Å². The molecule has 1 heterocycles. The fourth-order valence-electron chi connectivity index (χ4n) is 0.924. The van der Waals surface area contributed by atoms with Crippen molar-refractivity contribution in [2.45, 2.75) is 13.5 Å². The summed E-state index contributed by atoms with van der Waals surface area (Å²) in [6.45, 7) is 2.18. The van der Waals surface area contributed by atoms with Gasteiger partial charge in [-0.3, -0.25) is 4.79 Å². The van der Waals surface area contributed by atoms with Crippen LogP contribution in [-0.2, 0) is 6.54 Å². The average molecular weight is 244 g/mol. The Morgan fingerprint density at radius 2 is 2.46 bits per heavy atom. The van der Waals surface area contributed by atoms with Gasteiger partial charge >= 0.3 is 0 Å². The first-order valence-electron chi connectivity index (χ1n) is 3.79. The Hall–Kier alpha value is -1.03. The summed E-state index contributed by atoms with van der Waals surface area (Å²) in [4.78, 5) is 11.3. The van der Waals surface area contributed by atoms with E-state index in [9.17, 15) is 4.79 Å². The minimum absolute atomic E-state index is 0.0874. The van der Waals surface area contributed by atoms with Crippen LogP contribution in [0.3, 0.4) is 0 Å². The third kappa shape index (κ3) is 2.73. The molecule has 1 aromatic rings. The van der Waals surface area contributed by atoms with Gasteiger partial charge in [0.1, 0.15) is 0 Å². The summed E-state index contributed by atoms with van der Waals surface area (Å²) in [7, 11) is 0. The lowest BCUT2D eigenvalue weighted by Crippen LogP contribution is -2.18. The Kier molecular flexibility index (Phi) is 3.31. The third-order valence-electron chi connectivity index (χ3n) is 1.60. The first-order valence-corrected chi connectivity index (χ1v) is 4.58. The molecule has 0 aliphatic heterocycles. The second-order valence-electron chi connectivity index (χ2n) is 2.79. The minimum atomic E-state index is -0.0874. The molecule has 0 aromatic carbocycles. The fraction of sp³-hybridized carbons (Fsp3) is 0.222. The Morgan fingerprint density at radius 1 is 1.77 bits per heavy atom. The molecule has 3 nitrogen and oxygen atoms in total. The molecule has 0 atom stereocenters. The average Bonchev–Trinajstić information content (AvgIpc) is 2.09. The zero-order valence-corrected chi connectivity index (χ0v) is 8.78. The number of aliphatic hydroxyl groups is 1. The highest BCUT2D eigenvalue weighted by Gasteiger charge is 1.97. The van der Waals surface area contributed by atoms with Gasteiger partial charge in [-0.1, -0.05) is 15.9 Å². The highest BCUT2D eigenvalue weighted by molar-refractivity contribution is 9.10. The quantitative estimate of drug-likeness (QED) is 0.809. The zero-order chi connectivity index (χ0) is 9.84. The lowest BCUT2D eigenvalue weighted by molar-refractivity contribution is 0.462. The summed E-state index contributed by atoms with van der Waals surface area (Å²) < 4.78 is 2.28. The van der Waals surface area contributed by atoms with Crippen molar-refractivity contribution < 1.29 is 5.11 Å². The van der Waals surface area contributed by atoms with Crippen LogP contribution in [0.2, 0.25) is 0 Å². The van der Waals surface area contributed by atoms with E-state index < -0.39 is 0 Å². The minimum Gasteiger partial charge on any atom is -0.516 e. The monoisotopic (exact) mass is 243 g/mol. The molecule has 0 unspecified atom stereocenters. The van der Waals surface area contributed by atoms with Gasteiger partial charge in [-0.15, -0.1) is 0 Å². The molecule has 4 heteroatoms. The number of halogens is 1. The predicted molar refractivity (Wildman–Crippen MR) is 54.8 cm³/mol. The van der Waals surface area contributed by atoms with Gasteiger partial charge in [0.15, 0.2) is 0 Å². The molecule has 0 aliphatic rings. The first kappa shape index (κ1) is 10.1. The van der Waals surface area contributed by atoms with Gasteiger partial charge in [0.25, 0.3) is 5.56 Å². The lowest BCUT2D eigenvalue weighted by atomic mass is 10.3. The van der Waals surface area contributed by atoms with Gasteiger partial charge < -0.3 is 9.67 Å². The zero-order valence-electron chi connectivity index (χ0n) is 7.20. The van der Waals surface area contributed by atoms with E-state index >= 15 is 0 Å². The Labute approximate surface area is 84.5 Å². The molecule has 1 aromatic heterocycles. The number of aliphatic hydroxyl groups excluding tert-OH is 1.